The minimum absolute atomic E-state index is 0.0522. The largest absolute Gasteiger partial charge is 0.495 e. The van der Waals surface area contributed by atoms with Crippen LogP contribution >= 0.6 is 0 Å². The van der Waals surface area contributed by atoms with E-state index in [1.165, 1.54) is 44.6 Å². The van der Waals surface area contributed by atoms with E-state index in [1.807, 2.05) is 0 Å². The number of benzene rings is 2. The van der Waals surface area contributed by atoms with Crippen LogP contribution in [0.3, 0.4) is 0 Å². The SMILES string of the molecule is COC(=O)c1cccc(S(=O)(=O)Nc2cc([N+](=O)[O-])ccc2OC)c1. The Morgan fingerprint density at radius 1 is 1.16 bits per heavy atom. The summed E-state index contributed by atoms with van der Waals surface area (Å²) in [5, 5.41) is 10.9. The second-order valence-corrected chi connectivity index (χ2v) is 6.45. The van der Waals surface area contributed by atoms with E-state index in [0.717, 1.165) is 12.1 Å². The molecule has 0 aliphatic rings. The van der Waals surface area contributed by atoms with Crippen LogP contribution < -0.4 is 9.46 Å². The molecule has 0 spiro atoms. The monoisotopic (exact) mass is 366 g/mol. The lowest BCUT2D eigenvalue weighted by molar-refractivity contribution is -0.384. The van der Waals surface area contributed by atoms with Crippen molar-refractivity contribution in [2.24, 2.45) is 0 Å². The minimum atomic E-state index is -4.11. The van der Waals surface area contributed by atoms with E-state index in [4.69, 9.17) is 4.74 Å². The van der Waals surface area contributed by atoms with Crippen molar-refractivity contribution >= 4 is 27.4 Å². The molecule has 10 heteroatoms. The fourth-order valence-electron chi connectivity index (χ4n) is 2.00. The average molecular weight is 366 g/mol. The Balaban J connectivity index is 2.44. The van der Waals surface area contributed by atoms with E-state index < -0.39 is 20.9 Å². The number of carbonyl (C=O) groups is 1. The zero-order valence-corrected chi connectivity index (χ0v) is 14.1. The number of nitro groups is 1. The van der Waals surface area contributed by atoms with Crippen molar-refractivity contribution in [3.8, 4) is 5.75 Å². The molecule has 0 atom stereocenters. The van der Waals surface area contributed by atoms with E-state index in [-0.39, 0.29) is 27.6 Å². The van der Waals surface area contributed by atoms with Crippen LogP contribution in [-0.4, -0.2) is 33.5 Å². The van der Waals surface area contributed by atoms with Gasteiger partial charge in [-0.2, -0.15) is 0 Å². The van der Waals surface area contributed by atoms with Crippen molar-refractivity contribution < 1.29 is 27.6 Å². The van der Waals surface area contributed by atoms with Gasteiger partial charge >= 0.3 is 5.97 Å². The van der Waals surface area contributed by atoms with E-state index in [1.54, 1.807) is 0 Å². The minimum Gasteiger partial charge on any atom is -0.495 e. The smallest absolute Gasteiger partial charge is 0.337 e. The normalized spacial score (nSPS) is 10.8. The van der Waals surface area contributed by atoms with Gasteiger partial charge in [0.2, 0.25) is 0 Å². The molecule has 0 saturated heterocycles. The van der Waals surface area contributed by atoms with Crippen molar-refractivity contribution in [1.29, 1.82) is 0 Å². The summed E-state index contributed by atoms with van der Waals surface area (Å²) in [6, 6.07) is 8.71. The molecule has 0 fully saturated rings. The molecule has 1 N–H and O–H groups in total. The van der Waals surface area contributed by atoms with Crippen LogP contribution in [0.15, 0.2) is 47.4 Å². The molecule has 0 aromatic heterocycles. The van der Waals surface area contributed by atoms with Crippen LogP contribution in [0.5, 0.6) is 5.75 Å². The summed E-state index contributed by atoms with van der Waals surface area (Å²) >= 11 is 0. The summed E-state index contributed by atoms with van der Waals surface area (Å²) in [6.45, 7) is 0. The van der Waals surface area contributed by atoms with Crippen molar-refractivity contribution in [3.05, 3.63) is 58.1 Å². The maximum Gasteiger partial charge on any atom is 0.337 e. The first-order valence-electron chi connectivity index (χ1n) is 6.82. The molecule has 0 amide bonds. The highest BCUT2D eigenvalue weighted by molar-refractivity contribution is 7.92. The molecule has 0 bridgehead atoms. The van der Waals surface area contributed by atoms with Gasteiger partial charge in [-0.15, -0.1) is 0 Å². The highest BCUT2D eigenvalue weighted by atomic mass is 32.2. The topological polar surface area (TPSA) is 125 Å². The lowest BCUT2D eigenvalue weighted by atomic mass is 10.2. The Bertz CT molecular complexity index is 925. The Labute approximate surface area is 143 Å². The molecule has 0 saturated carbocycles. The molecule has 0 unspecified atom stereocenters. The summed E-state index contributed by atoms with van der Waals surface area (Å²) in [4.78, 5) is 21.6. The number of nitrogens with one attached hydrogen (secondary N) is 1. The lowest BCUT2D eigenvalue weighted by Gasteiger charge is -2.12. The van der Waals surface area contributed by atoms with Gasteiger partial charge in [0, 0.05) is 12.1 Å². The standard InChI is InChI=1S/C15H14N2O7S/c1-23-14-7-6-11(17(19)20)9-13(14)16-25(21,22)12-5-3-4-10(8-12)15(18)24-2/h3-9,16H,1-2H3. The van der Waals surface area contributed by atoms with Crippen molar-refractivity contribution in [3.63, 3.8) is 0 Å². The Hall–Kier alpha value is -3.14. The lowest BCUT2D eigenvalue weighted by Crippen LogP contribution is -2.14. The van der Waals surface area contributed by atoms with Gasteiger partial charge < -0.3 is 9.47 Å². The molecule has 25 heavy (non-hydrogen) atoms. The van der Waals surface area contributed by atoms with Gasteiger partial charge in [-0.1, -0.05) is 6.07 Å². The zero-order chi connectivity index (χ0) is 18.6. The molecule has 0 heterocycles. The summed E-state index contributed by atoms with van der Waals surface area (Å²) in [5.41, 5.74) is -0.349. The van der Waals surface area contributed by atoms with Crippen LogP contribution in [0, 0.1) is 10.1 Å². The number of esters is 1. The number of methoxy groups -OCH3 is 2. The first kappa shape index (κ1) is 18.2. The Kier molecular flexibility index (Phi) is 5.22. The Morgan fingerprint density at radius 3 is 2.48 bits per heavy atom. The summed E-state index contributed by atoms with van der Waals surface area (Å²) in [5.74, 6) is -0.580. The van der Waals surface area contributed by atoms with Crippen LogP contribution in [-0.2, 0) is 14.8 Å². The van der Waals surface area contributed by atoms with Crippen molar-refractivity contribution in [1.82, 2.24) is 0 Å². The van der Waals surface area contributed by atoms with E-state index in [9.17, 15) is 23.3 Å². The second kappa shape index (κ2) is 7.18. The van der Waals surface area contributed by atoms with Crippen molar-refractivity contribution in [2.75, 3.05) is 18.9 Å². The van der Waals surface area contributed by atoms with E-state index in [0.29, 0.717) is 0 Å². The molecule has 0 aliphatic heterocycles. The quantitative estimate of drug-likeness (QED) is 0.472. The third-order valence-corrected chi connectivity index (χ3v) is 4.57. The molecular formula is C15H14N2O7S. The number of sulfonamides is 1. The number of nitrogens with zero attached hydrogens (tertiary/aromatic N) is 1. The van der Waals surface area contributed by atoms with Gasteiger partial charge in [-0.05, 0) is 24.3 Å². The van der Waals surface area contributed by atoms with Gasteiger partial charge in [-0.3, -0.25) is 14.8 Å². The average Bonchev–Trinajstić information content (AvgIpc) is 2.60. The van der Waals surface area contributed by atoms with Crippen LogP contribution in [0.2, 0.25) is 0 Å². The fourth-order valence-corrected chi connectivity index (χ4v) is 3.11. The highest BCUT2D eigenvalue weighted by Gasteiger charge is 2.20. The maximum absolute atomic E-state index is 12.5. The molecule has 2 aromatic carbocycles. The van der Waals surface area contributed by atoms with Crippen LogP contribution in [0.25, 0.3) is 0 Å². The molecule has 0 radical (unpaired) electrons. The molecule has 0 aliphatic carbocycles. The van der Waals surface area contributed by atoms with Crippen LogP contribution in [0.4, 0.5) is 11.4 Å². The van der Waals surface area contributed by atoms with Crippen LogP contribution in [0.1, 0.15) is 10.4 Å². The molecule has 2 aromatic rings. The fraction of sp³-hybridized carbons (Fsp3) is 0.133. The number of nitro benzene ring substituents is 1. The summed E-state index contributed by atoms with van der Waals surface area (Å²) in [6.07, 6.45) is 0. The summed E-state index contributed by atoms with van der Waals surface area (Å²) < 4.78 is 36.8. The Morgan fingerprint density at radius 2 is 1.88 bits per heavy atom. The van der Waals surface area contributed by atoms with Gasteiger partial charge in [-0.25, -0.2) is 13.2 Å². The molecule has 132 valence electrons. The molecule has 9 nitrogen and oxygen atoms in total. The first-order valence-corrected chi connectivity index (χ1v) is 8.30. The number of rotatable bonds is 6. The van der Waals surface area contributed by atoms with Gasteiger partial charge in [0.15, 0.2) is 0 Å². The van der Waals surface area contributed by atoms with Gasteiger partial charge in [0.1, 0.15) is 5.75 Å². The molecular weight excluding hydrogens is 352 g/mol. The predicted octanol–water partition coefficient (Wildman–Crippen LogP) is 2.19. The summed E-state index contributed by atoms with van der Waals surface area (Å²) in [7, 11) is -1.63. The number of anilines is 1. The zero-order valence-electron chi connectivity index (χ0n) is 13.3. The predicted molar refractivity (Wildman–Crippen MR) is 88.2 cm³/mol. The number of carbonyl (C=O) groups excluding carboxylic acids is 1. The highest BCUT2D eigenvalue weighted by Crippen LogP contribution is 2.30. The molecule has 2 rings (SSSR count). The number of non-ortho nitro benzene ring substituents is 1. The van der Waals surface area contributed by atoms with E-state index >= 15 is 0 Å². The first-order chi connectivity index (χ1) is 11.8. The second-order valence-electron chi connectivity index (χ2n) is 4.77. The maximum atomic E-state index is 12.5. The number of ether oxygens (including phenoxy) is 2. The number of hydrogen-bond donors (Lipinski definition) is 1. The third kappa shape index (κ3) is 4.04. The number of hydrogen-bond acceptors (Lipinski definition) is 7. The van der Waals surface area contributed by atoms with Gasteiger partial charge in [0.05, 0.1) is 35.3 Å². The third-order valence-electron chi connectivity index (χ3n) is 3.20. The van der Waals surface area contributed by atoms with E-state index in [2.05, 4.69) is 9.46 Å². The van der Waals surface area contributed by atoms with Gasteiger partial charge in [0.25, 0.3) is 15.7 Å². The van der Waals surface area contributed by atoms with Crippen molar-refractivity contribution in [2.45, 2.75) is 4.90 Å².